The molecule has 2 fully saturated rings. The van der Waals surface area contributed by atoms with E-state index in [0.717, 1.165) is 0 Å². The molecule has 1 aliphatic heterocycles. The SMILES string of the molecule is C=C[C@@H]1C[C@]1(NC(=O)[C@H]1C[C@H](O)CN1)C(=O)O. The summed E-state index contributed by atoms with van der Waals surface area (Å²) in [5.41, 5.74) is -1.19. The van der Waals surface area contributed by atoms with Gasteiger partial charge in [0.25, 0.3) is 0 Å². The van der Waals surface area contributed by atoms with Crippen LogP contribution < -0.4 is 10.6 Å². The molecule has 2 aliphatic rings. The number of carbonyl (C=O) groups excluding carboxylic acids is 1. The van der Waals surface area contributed by atoms with Gasteiger partial charge in [-0.25, -0.2) is 4.79 Å². The summed E-state index contributed by atoms with van der Waals surface area (Å²) in [6.07, 6.45) is 1.71. The van der Waals surface area contributed by atoms with Crippen LogP contribution in [-0.4, -0.2) is 46.3 Å². The summed E-state index contributed by atoms with van der Waals surface area (Å²) in [6, 6.07) is -0.507. The van der Waals surface area contributed by atoms with Crippen LogP contribution in [-0.2, 0) is 9.59 Å². The van der Waals surface area contributed by atoms with E-state index >= 15 is 0 Å². The summed E-state index contributed by atoms with van der Waals surface area (Å²) in [5, 5.41) is 23.8. The fourth-order valence-electron chi connectivity index (χ4n) is 2.24. The number of nitrogens with one attached hydrogen (secondary N) is 2. The Morgan fingerprint density at radius 2 is 2.24 bits per heavy atom. The molecule has 0 aromatic carbocycles. The minimum Gasteiger partial charge on any atom is -0.479 e. The molecule has 4 N–H and O–H groups in total. The monoisotopic (exact) mass is 240 g/mol. The van der Waals surface area contributed by atoms with Crippen LogP contribution in [0.5, 0.6) is 0 Å². The first kappa shape index (κ1) is 12.1. The Hall–Kier alpha value is -1.40. The van der Waals surface area contributed by atoms with Gasteiger partial charge < -0.3 is 20.8 Å². The van der Waals surface area contributed by atoms with Crippen LogP contribution in [0.1, 0.15) is 12.8 Å². The number of carbonyl (C=O) groups is 2. The summed E-state index contributed by atoms with van der Waals surface area (Å²) < 4.78 is 0. The Bertz CT molecular complexity index is 370. The first-order valence-corrected chi connectivity index (χ1v) is 5.59. The lowest BCUT2D eigenvalue weighted by molar-refractivity contribution is -0.143. The van der Waals surface area contributed by atoms with E-state index in [1.165, 1.54) is 0 Å². The van der Waals surface area contributed by atoms with Crippen LogP contribution in [0, 0.1) is 5.92 Å². The standard InChI is InChI=1S/C11H16N2O4/c1-2-6-4-11(6,10(16)17)13-9(15)8-3-7(14)5-12-8/h2,6-8,12,14H,1,3-5H2,(H,13,15)(H,16,17)/t6-,7+,8-,11-/m1/s1. The van der Waals surface area contributed by atoms with Gasteiger partial charge in [-0.1, -0.05) is 6.08 Å². The fraction of sp³-hybridized carbons (Fsp3) is 0.636. The van der Waals surface area contributed by atoms with Crippen LogP contribution in [0.25, 0.3) is 0 Å². The molecule has 0 radical (unpaired) electrons. The van der Waals surface area contributed by atoms with E-state index in [9.17, 15) is 14.7 Å². The normalized spacial score (nSPS) is 39.7. The largest absolute Gasteiger partial charge is 0.479 e. The van der Waals surface area contributed by atoms with Crippen molar-refractivity contribution in [2.24, 2.45) is 5.92 Å². The third-order valence-electron chi connectivity index (χ3n) is 3.45. The van der Waals surface area contributed by atoms with E-state index in [1.54, 1.807) is 6.08 Å². The Morgan fingerprint density at radius 1 is 1.53 bits per heavy atom. The molecule has 2 rings (SSSR count). The number of hydrogen-bond donors (Lipinski definition) is 4. The second kappa shape index (κ2) is 4.12. The number of carboxylic acids is 1. The van der Waals surface area contributed by atoms with E-state index < -0.39 is 23.7 Å². The summed E-state index contributed by atoms with van der Waals surface area (Å²) in [5.74, 6) is -1.61. The topological polar surface area (TPSA) is 98.7 Å². The molecular formula is C11H16N2O4. The zero-order chi connectivity index (χ0) is 12.6. The first-order chi connectivity index (χ1) is 7.99. The number of carboxylic acid groups (broad SMARTS) is 1. The van der Waals surface area contributed by atoms with Crippen LogP contribution in [0.2, 0.25) is 0 Å². The zero-order valence-corrected chi connectivity index (χ0v) is 9.35. The van der Waals surface area contributed by atoms with Crippen molar-refractivity contribution < 1.29 is 19.8 Å². The van der Waals surface area contributed by atoms with E-state index in [-0.39, 0.29) is 11.8 Å². The molecule has 1 amide bonds. The smallest absolute Gasteiger partial charge is 0.330 e. The van der Waals surface area contributed by atoms with Gasteiger partial charge in [0, 0.05) is 12.5 Å². The lowest BCUT2D eigenvalue weighted by atomic mass is 10.1. The molecule has 0 aromatic rings. The summed E-state index contributed by atoms with van der Waals surface area (Å²) in [6.45, 7) is 3.91. The highest BCUT2D eigenvalue weighted by Crippen LogP contribution is 2.44. The summed E-state index contributed by atoms with van der Waals surface area (Å²) >= 11 is 0. The molecule has 6 heteroatoms. The van der Waals surface area contributed by atoms with Gasteiger partial charge in [-0.05, 0) is 12.8 Å². The highest BCUT2D eigenvalue weighted by Gasteiger charge is 2.60. The Morgan fingerprint density at radius 3 is 2.65 bits per heavy atom. The number of β-amino-alcohol motifs (C(OH)–C–C–N with tert-alkyl or cyclic N) is 1. The summed E-state index contributed by atoms with van der Waals surface area (Å²) in [4.78, 5) is 23.0. The average molecular weight is 240 g/mol. The number of hydrogen-bond acceptors (Lipinski definition) is 4. The lowest BCUT2D eigenvalue weighted by Gasteiger charge is -2.17. The molecule has 0 bridgehead atoms. The highest BCUT2D eigenvalue weighted by atomic mass is 16.4. The van der Waals surface area contributed by atoms with Crippen molar-refractivity contribution in [3.05, 3.63) is 12.7 Å². The van der Waals surface area contributed by atoms with Crippen LogP contribution in [0.3, 0.4) is 0 Å². The molecule has 1 aliphatic carbocycles. The molecule has 17 heavy (non-hydrogen) atoms. The quantitative estimate of drug-likeness (QED) is 0.465. The van der Waals surface area contributed by atoms with Crippen molar-refractivity contribution in [3.8, 4) is 0 Å². The van der Waals surface area contributed by atoms with E-state index in [0.29, 0.717) is 19.4 Å². The van der Waals surface area contributed by atoms with Crippen molar-refractivity contribution in [2.75, 3.05) is 6.54 Å². The van der Waals surface area contributed by atoms with Crippen molar-refractivity contribution in [3.63, 3.8) is 0 Å². The third-order valence-corrected chi connectivity index (χ3v) is 3.45. The van der Waals surface area contributed by atoms with Gasteiger partial charge in [-0.3, -0.25) is 4.79 Å². The summed E-state index contributed by atoms with van der Waals surface area (Å²) in [7, 11) is 0. The minimum absolute atomic E-state index is 0.213. The number of amides is 1. The molecule has 1 saturated heterocycles. The Kier molecular flexibility index (Phi) is 2.92. The van der Waals surface area contributed by atoms with Gasteiger partial charge in [0.2, 0.25) is 5.91 Å². The second-order valence-corrected chi connectivity index (χ2v) is 4.66. The van der Waals surface area contributed by atoms with Gasteiger partial charge in [0.1, 0.15) is 5.54 Å². The van der Waals surface area contributed by atoms with Gasteiger partial charge in [-0.2, -0.15) is 0 Å². The maximum atomic E-state index is 11.8. The zero-order valence-electron chi connectivity index (χ0n) is 9.35. The number of aliphatic hydroxyl groups is 1. The molecule has 0 spiro atoms. The molecule has 94 valence electrons. The third kappa shape index (κ3) is 2.05. The number of aliphatic hydroxyl groups excluding tert-OH is 1. The molecule has 1 heterocycles. The molecule has 0 aromatic heterocycles. The molecule has 6 nitrogen and oxygen atoms in total. The predicted octanol–water partition coefficient (Wildman–Crippen LogP) is -1.15. The average Bonchev–Trinajstić information content (AvgIpc) is 2.82. The number of rotatable bonds is 4. The van der Waals surface area contributed by atoms with E-state index in [4.69, 9.17) is 5.11 Å². The van der Waals surface area contributed by atoms with Crippen LogP contribution in [0.15, 0.2) is 12.7 Å². The van der Waals surface area contributed by atoms with Gasteiger partial charge in [-0.15, -0.1) is 6.58 Å². The molecular weight excluding hydrogens is 224 g/mol. The molecule has 1 saturated carbocycles. The second-order valence-electron chi connectivity index (χ2n) is 4.66. The fourth-order valence-corrected chi connectivity index (χ4v) is 2.24. The Labute approximate surface area is 98.7 Å². The van der Waals surface area contributed by atoms with Crippen molar-refractivity contribution in [1.29, 1.82) is 0 Å². The first-order valence-electron chi connectivity index (χ1n) is 5.59. The molecule has 4 atom stereocenters. The van der Waals surface area contributed by atoms with Gasteiger partial charge in [0.05, 0.1) is 12.1 Å². The lowest BCUT2D eigenvalue weighted by Crippen LogP contribution is -2.51. The van der Waals surface area contributed by atoms with Gasteiger partial charge >= 0.3 is 5.97 Å². The molecule has 0 unspecified atom stereocenters. The van der Waals surface area contributed by atoms with Crippen LogP contribution in [0.4, 0.5) is 0 Å². The highest BCUT2D eigenvalue weighted by molar-refractivity contribution is 5.92. The van der Waals surface area contributed by atoms with Crippen molar-refractivity contribution in [2.45, 2.75) is 30.5 Å². The number of aliphatic carboxylic acids is 1. The maximum Gasteiger partial charge on any atom is 0.330 e. The van der Waals surface area contributed by atoms with Crippen LogP contribution >= 0.6 is 0 Å². The minimum atomic E-state index is -1.19. The van der Waals surface area contributed by atoms with E-state index in [1.807, 2.05) is 0 Å². The van der Waals surface area contributed by atoms with Crippen molar-refractivity contribution >= 4 is 11.9 Å². The van der Waals surface area contributed by atoms with Crippen molar-refractivity contribution in [1.82, 2.24) is 10.6 Å². The maximum absolute atomic E-state index is 11.8. The Balaban J connectivity index is 1.98. The van der Waals surface area contributed by atoms with E-state index in [2.05, 4.69) is 17.2 Å². The predicted molar refractivity (Wildman–Crippen MR) is 59.2 cm³/mol. The van der Waals surface area contributed by atoms with Gasteiger partial charge in [0.15, 0.2) is 0 Å².